The molecule has 1 N–H and O–H groups in total. The molecule has 0 fully saturated rings. The van der Waals surface area contributed by atoms with Gasteiger partial charge in [0.05, 0.1) is 0 Å². The Morgan fingerprint density at radius 1 is 1.33 bits per heavy atom. The van der Waals surface area contributed by atoms with Gasteiger partial charge in [-0.2, -0.15) is 0 Å². The monoisotopic (exact) mass is 204 g/mol. The molecule has 0 aliphatic heterocycles. The molecule has 1 nitrogen and oxygen atoms in total. The van der Waals surface area contributed by atoms with Gasteiger partial charge in [0.25, 0.3) is 0 Å². The van der Waals surface area contributed by atoms with Gasteiger partial charge in [-0.3, -0.25) is 0 Å². The van der Waals surface area contributed by atoms with Crippen LogP contribution < -0.4 is 0 Å². The van der Waals surface area contributed by atoms with Gasteiger partial charge in [0.2, 0.25) is 0 Å². The number of fused-ring (bicyclic) bond motifs is 1. The largest absolute Gasteiger partial charge is 0.508 e. The number of phenols is 1. The highest BCUT2D eigenvalue weighted by molar-refractivity contribution is 5.41. The number of hydrogen-bond acceptors (Lipinski definition) is 1. The second-order valence-electron chi connectivity index (χ2n) is 5.27. The van der Waals surface area contributed by atoms with Crippen LogP contribution in [0.4, 0.5) is 0 Å². The third kappa shape index (κ3) is 1.64. The fourth-order valence-corrected chi connectivity index (χ4v) is 2.69. The lowest BCUT2D eigenvalue weighted by molar-refractivity contribution is 0.289. The Kier molecular flexibility index (Phi) is 2.49. The minimum atomic E-state index is 0.242. The highest BCUT2D eigenvalue weighted by Gasteiger charge is 2.34. The zero-order chi connectivity index (χ0) is 11.1. The molecule has 1 aromatic carbocycles. The fraction of sp³-hybridized carbons (Fsp3) is 0.571. The Balaban J connectivity index is 2.54. The molecule has 1 heteroatoms. The van der Waals surface area contributed by atoms with E-state index in [9.17, 15) is 5.11 Å². The average molecular weight is 204 g/mol. The van der Waals surface area contributed by atoms with Crippen molar-refractivity contribution in [2.45, 2.75) is 45.4 Å². The van der Waals surface area contributed by atoms with Crippen LogP contribution in [0.5, 0.6) is 5.75 Å². The number of hydrogen-bond donors (Lipinski definition) is 1. The standard InChI is InChI=1S/C14H20O/c1-10(2)14(3)8-4-5-11-6-7-12(15)9-13(11)14/h6-7,9-10,15H,4-5,8H2,1-3H3. The van der Waals surface area contributed by atoms with Gasteiger partial charge < -0.3 is 5.11 Å². The van der Waals surface area contributed by atoms with Gasteiger partial charge in [0.15, 0.2) is 0 Å². The topological polar surface area (TPSA) is 20.2 Å². The number of benzene rings is 1. The van der Waals surface area contributed by atoms with E-state index in [0.717, 1.165) is 6.42 Å². The van der Waals surface area contributed by atoms with Crippen LogP contribution in [0, 0.1) is 5.92 Å². The van der Waals surface area contributed by atoms with Crippen LogP contribution in [0.2, 0.25) is 0 Å². The summed E-state index contributed by atoms with van der Waals surface area (Å²) in [7, 11) is 0. The second-order valence-corrected chi connectivity index (χ2v) is 5.27. The molecule has 1 unspecified atom stereocenters. The van der Waals surface area contributed by atoms with Crippen molar-refractivity contribution in [2.75, 3.05) is 0 Å². The van der Waals surface area contributed by atoms with Crippen molar-refractivity contribution in [3.8, 4) is 5.75 Å². The lowest BCUT2D eigenvalue weighted by Crippen LogP contribution is -2.32. The molecule has 0 saturated carbocycles. The smallest absolute Gasteiger partial charge is 0.115 e. The van der Waals surface area contributed by atoms with E-state index in [2.05, 4.69) is 26.8 Å². The van der Waals surface area contributed by atoms with Gasteiger partial charge in [0, 0.05) is 0 Å². The van der Waals surface area contributed by atoms with Gasteiger partial charge >= 0.3 is 0 Å². The Labute approximate surface area is 92.1 Å². The lowest BCUT2D eigenvalue weighted by atomic mass is 9.65. The molecular formula is C14H20O. The maximum atomic E-state index is 9.60. The molecule has 15 heavy (non-hydrogen) atoms. The third-order valence-corrected chi connectivity index (χ3v) is 4.13. The van der Waals surface area contributed by atoms with Crippen LogP contribution in [-0.2, 0) is 11.8 Å². The summed E-state index contributed by atoms with van der Waals surface area (Å²) in [6.45, 7) is 6.88. The van der Waals surface area contributed by atoms with Crippen molar-refractivity contribution >= 4 is 0 Å². The summed E-state index contributed by atoms with van der Waals surface area (Å²) in [5.41, 5.74) is 3.03. The first kappa shape index (κ1) is 10.5. The Hall–Kier alpha value is -0.980. The van der Waals surface area contributed by atoms with Crippen molar-refractivity contribution in [3.05, 3.63) is 29.3 Å². The first-order valence-electron chi connectivity index (χ1n) is 5.86. The molecule has 0 bridgehead atoms. The van der Waals surface area contributed by atoms with Crippen LogP contribution >= 0.6 is 0 Å². The first-order chi connectivity index (χ1) is 7.04. The van der Waals surface area contributed by atoms with Gasteiger partial charge in [-0.1, -0.05) is 26.8 Å². The number of aryl methyl sites for hydroxylation is 1. The van der Waals surface area contributed by atoms with E-state index in [0.29, 0.717) is 11.7 Å². The predicted octanol–water partition coefficient (Wildman–Crippen LogP) is 3.64. The zero-order valence-electron chi connectivity index (χ0n) is 9.88. The molecule has 82 valence electrons. The van der Waals surface area contributed by atoms with Crippen LogP contribution in [-0.4, -0.2) is 5.11 Å². The van der Waals surface area contributed by atoms with E-state index in [1.807, 2.05) is 12.1 Å². The van der Waals surface area contributed by atoms with Crippen molar-refractivity contribution in [1.82, 2.24) is 0 Å². The van der Waals surface area contributed by atoms with Crippen molar-refractivity contribution < 1.29 is 5.11 Å². The summed E-state index contributed by atoms with van der Waals surface area (Å²) >= 11 is 0. The number of aromatic hydroxyl groups is 1. The molecule has 1 aromatic rings. The van der Waals surface area contributed by atoms with Crippen molar-refractivity contribution in [1.29, 1.82) is 0 Å². The quantitative estimate of drug-likeness (QED) is 0.740. The van der Waals surface area contributed by atoms with Crippen LogP contribution in [0.15, 0.2) is 18.2 Å². The summed E-state index contributed by atoms with van der Waals surface area (Å²) in [6.07, 6.45) is 3.67. The van der Waals surface area contributed by atoms with E-state index in [4.69, 9.17) is 0 Å². The molecule has 0 aromatic heterocycles. The fourth-order valence-electron chi connectivity index (χ4n) is 2.69. The number of rotatable bonds is 1. The maximum absolute atomic E-state index is 9.60. The lowest BCUT2D eigenvalue weighted by Gasteiger charge is -2.39. The highest BCUT2D eigenvalue weighted by atomic mass is 16.3. The molecule has 0 radical (unpaired) electrons. The molecule has 0 heterocycles. The maximum Gasteiger partial charge on any atom is 0.115 e. The Bertz CT molecular complexity index is 368. The Morgan fingerprint density at radius 3 is 2.73 bits per heavy atom. The van der Waals surface area contributed by atoms with E-state index in [1.54, 1.807) is 0 Å². The van der Waals surface area contributed by atoms with E-state index < -0.39 is 0 Å². The average Bonchev–Trinajstić information content (AvgIpc) is 2.19. The molecular weight excluding hydrogens is 184 g/mol. The minimum absolute atomic E-state index is 0.242. The summed E-state index contributed by atoms with van der Waals surface area (Å²) in [6, 6.07) is 5.86. The van der Waals surface area contributed by atoms with Crippen LogP contribution in [0.1, 0.15) is 44.7 Å². The van der Waals surface area contributed by atoms with Crippen LogP contribution in [0.25, 0.3) is 0 Å². The molecule has 1 atom stereocenters. The molecule has 1 aliphatic carbocycles. The van der Waals surface area contributed by atoms with Gasteiger partial charge in [0.1, 0.15) is 5.75 Å². The summed E-state index contributed by atoms with van der Waals surface area (Å²) in [5, 5.41) is 9.60. The minimum Gasteiger partial charge on any atom is -0.508 e. The SMILES string of the molecule is CC(C)C1(C)CCCc2ccc(O)cc21. The van der Waals surface area contributed by atoms with Gasteiger partial charge in [-0.25, -0.2) is 0 Å². The highest BCUT2D eigenvalue weighted by Crippen LogP contribution is 2.43. The van der Waals surface area contributed by atoms with Crippen LogP contribution in [0.3, 0.4) is 0 Å². The summed E-state index contributed by atoms with van der Waals surface area (Å²) < 4.78 is 0. The summed E-state index contributed by atoms with van der Waals surface area (Å²) in [4.78, 5) is 0. The molecule has 0 amide bonds. The summed E-state index contributed by atoms with van der Waals surface area (Å²) in [5.74, 6) is 1.03. The normalized spacial score (nSPS) is 25.3. The van der Waals surface area contributed by atoms with E-state index in [1.165, 1.54) is 24.0 Å². The van der Waals surface area contributed by atoms with Crippen molar-refractivity contribution in [2.24, 2.45) is 5.92 Å². The predicted molar refractivity (Wildman–Crippen MR) is 63.2 cm³/mol. The van der Waals surface area contributed by atoms with Crippen molar-refractivity contribution in [3.63, 3.8) is 0 Å². The van der Waals surface area contributed by atoms with Gasteiger partial charge in [-0.15, -0.1) is 0 Å². The molecule has 2 rings (SSSR count). The van der Waals surface area contributed by atoms with E-state index >= 15 is 0 Å². The first-order valence-corrected chi connectivity index (χ1v) is 5.86. The second kappa shape index (κ2) is 3.55. The third-order valence-electron chi connectivity index (χ3n) is 4.13. The Morgan fingerprint density at radius 2 is 2.07 bits per heavy atom. The molecule has 0 spiro atoms. The zero-order valence-corrected chi connectivity index (χ0v) is 9.88. The molecule has 0 saturated heterocycles. The molecule has 1 aliphatic rings. The van der Waals surface area contributed by atoms with E-state index in [-0.39, 0.29) is 5.41 Å². The number of phenolic OH excluding ortho intramolecular Hbond substituents is 1. The van der Waals surface area contributed by atoms with Gasteiger partial charge in [-0.05, 0) is 53.9 Å².